The molecule has 3 heterocycles. The molecule has 0 unspecified atom stereocenters. The van der Waals surface area contributed by atoms with Gasteiger partial charge in [0.2, 0.25) is 5.95 Å². The molecule has 0 aromatic carbocycles. The Labute approximate surface area is 96.1 Å². The number of nitrogen functional groups attached to an aromatic ring is 1. The number of nitrogens with two attached hydrogens (primary N) is 1. The van der Waals surface area contributed by atoms with E-state index in [0.29, 0.717) is 17.0 Å². The molecule has 0 aliphatic carbocycles. The molecule has 84 valence electrons. The van der Waals surface area contributed by atoms with Crippen LogP contribution in [-0.2, 0) is 0 Å². The Balaban J connectivity index is 2.08. The van der Waals surface area contributed by atoms with E-state index in [1.165, 1.54) is 0 Å². The summed E-state index contributed by atoms with van der Waals surface area (Å²) < 4.78 is 0. The molecular weight excluding hydrogens is 218 g/mol. The van der Waals surface area contributed by atoms with Crippen molar-refractivity contribution in [1.29, 1.82) is 0 Å². The first-order valence-corrected chi connectivity index (χ1v) is 4.96. The lowest BCUT2D eigenvalue weighted by Crippen LogP contribution is -2.01. The number of aromatic nitrogens is 5. The molecule has 17 heavy (non-hydrogen) atoms. The van der Waals surface area contributed by atoms with Crippen LogP contribution in [0.5, 0.6) is 0 Å². The van der Waals surface area contributed by atoms with Crippen molar-refractivity contribution < 1.29 is 0 Å². The molecule has 0 fully saturated rings. The van der Waals surface area contributed by atoms with Crippen LogP contribution in [0.4, 0.5) is 17.5 Å². The van der Waals surface area contributed by atoms with E-state index in [1.807, 2.05) is 12.1 Å². The van der Waals surface area contributed by atoms with Crippen molar-refractivity contribution in [2.75, 3.05) is 11.1 Å². The molecule has 0 bridgehead atoms. The molecule has 3 rings (SSSR count). The van der Waals surface area contributed by atoms with Crippen molar-refractivity contribution in [2.24, 2.45) is 0 Å². The van der Waals surface area contributed by atoms with E-state index in [4.69, 9.17) is 5.73 Å². The van der Waals surface area contributed by atoms with E-state index in [9.17, 15) is 0 Å². The fourth-order valence-electron chi connectivity index (χ4n) is 1.51. The third kappa shape index (κ3) is 1.73. The van der Waals surface area contributed by atoms with Crippen molar-refractivity contribution in [3.05, 3.63) is 30.9 Å². The lowest BCUT2D eigenvalue weighted by molar-refractivity contribution is 1.21. The average molecular weight is 227 g/mol. The van der Waals surface area contributed by atoms with E-state index >= 15 is 0 Å². The molecule has 4 N–H and O–H groups in total. The summed E-state index contributed by atoms with van der Waals surface area (Å²) in [5.41, 5.74) is 7.67. The van der Waals surface area contributed by atoms with Gasteiger partial charge in [-0.05, 0) is 12.1 Å². The van der Waals surface area contributed by atoms with Gasteiger partial charge in [0.1, 0.15) is 5.52 Å². The summed E-state index contributed by atoms with van der Waals surface area (Å²) in [5, 5.41) is 3.11. The Hall–Kier alpha value is -2.70. The van der Waals surface area contributed by atoms with Gasteiger partial charge >= 0.3 is 0 Å². The molecule has 7 heteroatoms. The number of nitrogens with one attached hydrogen (secondary N) is 2. The van der Waals surface area contributed by atoms with Crippen LogP contribution in [0.1, 0.15) is 0 Å². The molecule has 0 saturated heterocycles. The lowest BCUT2D eigenvalue weighted by Gasteiger charge is -2.05. The second-order valence-electron chi connectivity index (χ2n) is 3.40. The van der Waals surface area contributed by atoms with Crippen LogP contribution in [-0.4, -0.2) is 24.9 Å². The molecule has 0 saturated carbocycles. The van der Waals surface area contributed by atoms with Gasteiger partial charge in [0.15, 0.2) is 11.5 Å². The minimum Gasteiger partial charge on any atom is -0.368 e. The maximum atomic E-state index is 5.61. The summed E-state index contributed by atoms with van der Waals surface area (Å²) >= 11 is 0. The van der Waals surface area contributed by atoms with E-state index < -0.39 is 0 Å². The highest BCUT2D eigenvalue weighted by Gasteiger charge is 2.08. The molecule has 0 aliphatic heterocycles. The Morgan fingerprint density at radius 1 is 1.29 bits per heavy atom. The second-order valence-corrected chi connectivity index (χ2v) is 3.40. The Morgan fingerprint density at radius 3 is 3.06 bits per heavy atom. The monoisotopic (exact) mass is 227 g/mol. The Bertz CT molecular complexity index is 646. The fourth-order valence-corrected chi connectivity index (χ4v) is 1.51. The largest absolute Gasteiger partial charge is 0.368 e. The maximum absolute atomic E-state index is 5.61. The number of aromatic amines is 1. The van der Waals surface area contributed by atoms with Crippen LogP contribution in [0.2, 0.25) is 0 Å². The van der Waals surface area contributed by atoms with E-state index in [1.54, 1.807) is 18.7 Å². The first-order chi connectivity index (χ1) is 8.33. The van der Waals surface area contributed by atoms with Gasteiger partial charge in [-0.25, -0.2) is 4.98 Å². The summed E-state index contributed by atoms with van der Waals surface area (Å²) in [4.78, 5) is 19.1. The van der Waals surface area contributed by atoms with Crippen LogP contribution in [0.3, 0.4) is 0 Å². The molecule has 3 aromatic heterocycles. The number of hydrogen-bond donors (Lipinski definition) is 3. The first kappa shape index (κ1) is 9.52. The van der Waals surface area contributed by atoms with E-state index in [-0.39, 0.29) is 5.95 Å². The Kier molecular flexibility index (Phi) is 2.08. The first-order valence-electron chi connectivity index (χ1n) is 4.96. The third-order valence-electron chi connectivity index (χ3n) is 2.23. The summed E-state index contributed by atoms with van der Waals surface area (Å²) in [6.07, 6.45) is 4.94. The normalized spacial score (nSPS) is 10.6. The molecule has 0 atom stereocenters. The number of anilines is 3. The molecule has 3 aromatic rings. The molecule has 7 nitrogen and oxygen atoms in total. The predicted molar refractivity (Wildman–Crippen MR) is 63.6 cm³/mol. The number of pyridine rings is 1. The molecular formula is C10H9N7. The standard InChI is InChI=1S/C10H9N7/c11-10-16-8-7(13-5-14-8)9(17-10)15-6-2-1-3-12-4-6/h1-5H,(H4,11,13,14,15,16,17). The van der Waals surface area contributed by atoms with Crippen LogP contribution in [0.25, 0.3) is 11.2 Å². The van der Waals surface area contributed by atoms with Crippen molar-refractivity contribution in [1.82, 2.24) is 24.9 Å². The Morgan fingerprint density at radius 2 is 2.24 bits per heavy atom. The van der Waals surface area contributed by atoms with Gasteiger partial charge in [-0.1, -0.05) is 0 Å². The average Bonchev–Trinajstić information content (AvgIpc) is 2.78. The zero-order valence-corrected chi connectivity index (χ0v) is 8.75. The van der Waals surface area contributed by atoms with Gasteiger partial charge in [0.25, 0.3) is 0 Å². The van der Waals surface area contributed by atoms with Crippen LogP contribution in [0.15, 0.2) is 30.9 Å². The topological polar surface area (TPSA) is 105 Å². The highest BCUT2D eigenvalue weighted by molar-refractivity contribution is 5.85. The zero-order valence-electron chi connectivity index (χ0n) is 8.75. The number of fused-ring (bicyclic) bond motifs is 1. The van der Waals surface area contributed by atoms with Gasteiger partial charge in [-0.3, -0.25) is 4.98 Å². The molecule has 0 radical (unpaired) electrons. The van der Waals surface area contributed by atoms with Crippen molar-refractivity contribution in [3.63, 3.8) is 0 Å². The van der Waals surface area contributed by atoms with Gasteiger partial charge in [-0.2, -0.15) is 9.97 Å². The summed E-state index contributed by atoms with van der Waals surface area (Å²) in [6.45, 7) is 0. The van der Waals surface area contributed by atoms with Gasteiger partial charge in [0, 0.05) is 6.20 Å². The van der Waals surface area contributed by atoms with Gasteiger partial charge in [-0.15, -0.1) is 0 Å². The van der Waals surface area contributed by atoms with Crippen LogP contribution >= 0.6 is 0 Å². The molecule has 0 aliphatic rings. The maximum Gasteiger partial charge on any atom is 0.224 e. The number of rotatable bonds is 2. The van der Waals surface area contributed by atoms with Crippen molar-refractivity contribution in [2.45, 2.75) is 0 Å². The van der Waals surface area contributed by atoms with Crippen LogP contribution < -0.4 is 11.1 Å². The summed E-state index contributed by atoms with van der Waals surface area (Å²) in [7, 11) is 0. The van der Waals surface area contributed by atoms with Crippen LogP contribution in [0, 0.1) is 0 Å². The highest BCUT2D eigenvalue weighted by Crippen LogP contribution is 2.20. The summed E-state index contributed by atoms with van der Waals surface area (Å²) in [5.74, 6) is 0.758. The van der Waals surface area contributed by atoms with Crippen molar-refractivity contribution >= 4 is 28.6 Å². The highest BCUT2D eigenvalue weighted by atomic mass is 15.1. The SMILES string of the molecule is Nc1nc(Nc2cccnc2)c2[nH]cnc2n1. The number of H-pyrrole nitrogens is 1. The van der Waals surface area contributed by atoms with E-state index in [0.717, 1.165) is 5.69 Å². The minimum atomic E-state index is 0.177. The molecule has 0 amide bonds. The van der Waals surface area contributed by atoms with E-state index in [2.05, 4.69) is 30.2 Å². The van der Waals surface area contributed by atoms with Gasteiger partial charge < -0.3 is 16.0 Å². The quantitative estimate of drug-likeness (QED) is 0.604. The number of nitrogens with zero attached hydrogens (tertiary/aromatic N) is 4. The third-order valence-corrected chi connectivity index (χ3v) is 2.23. The zero-order chi connectivity index (χ0) is 11.7. The summed E-state index contributed by atoms with van der Waals surface area (Å²) in [6, 6.07) is 3.71. The fraction of sp³-hybridized carbons (Fsp3) is 0. The smallest absolute Gasteiger partial charge is 0.224 e. The lowest BCUT2D eigenvalue weighted by atomic mass is 10.4. The second kappa shape index (κ2) is 3.71. The van der Waals surface area contributed by atoms with Crippen molar-refractivity contribution in [3.8, 4) is 0 Å². The minimum absolute atomic E-state index is 0.177. The number of imidazole rings is 1. The number of hydrogen-bond acceptors (Lipinski definition) is 6. The molecule has 0 spiro atoms. The van der Waals surface area contributed by atoms with Gasteiger partial charge in [0.05, 0.1) is 18.2 Å². The predicted octanol–water partition coefficient (Wildman–Crippen LogP) is 1.07.